The second-order valence-electron chi connectivity index (χ2n) is 6.38. The van der Waals surface area contributed by atoms with E-state index in [-0.39, 0.29) is 10.9 Å². The van der Waals surface area contributed by atoms with E-state index in [9.17, 15) is 0 Å². The molecule has 1 fully saturated rings. The van der Waals surface area contributed by atoms with Crippen LogP contribution in [-0.4, -0.2) is 17.5 Å². The first-order valence-electron chi connectivity index (χ1n) is 8.37. The Bertz CT molecular complexity index is 602. The molecule has 0 aromatic heterocycles. The second kappa shape index (κ2) is 8.91. The predicted molar refractivity (Wildman–Crippen MR) is 101 cm³/mol. The first kappa shape index (κ1) is 17.8. The third kappa shape index (κ3) is 5.52. The van der Waals surface area contributed by atoms with E-state index in [1.807, 2.05) is 36.4 Å². The van der Waals surface area contributed by atoms with Gasteiger partial charge in [-0.1, -0.05) is 60.7 Å². The van der Waals surface area contributed by atoms with Crippen molar-refractivity contribution in [1.29, 1.82) is 0 Å². The van der Waals surface area contributed by atoms with E-state index in [4.69, 9.17) is 20.2 Å². The Labute approximate surface area is 153 Å². The lowest BCUT2D eigenvalue weighted by Gasteiger charge is -2.22. The number of benzene rings is 2. The van der Waals surface area contributed by atoms with E-state index in [1.165, 1.54) is 34.9 Å². The molecule has 0 heterocycles. The minimum Gasteiger partial charge on any atom is -0.374 e. The molecule has 1 aliphatic carbocycles. The molecule has 1 saturated carbocycles. The van der Waals surface area contributed by atoms with Crippen molar-refractivity contribution < 1.29 is 9.47 Å². The molecular weight excluding hydrogens is 340 g/mol. The maximum Gasteiger partial charge on any atom is 0.0826 e. The number of rotatable bonds is 10. The van der Waals surface area contributed by atoms with Crippen molar-refractivity contribution in [1.82, 2.24) is 0 Å². The van der Waals surface area contributed by atoms with Gasteiger partial charge >= 0.3 is 0 Å². The maximum atomic E-state index is 6.15. The molecule has 1 unspecified atom stereocenters. The van der Waals surface area contributed by atoms with Gasteiger partial charge in [0, 0.05) is 4.75 Å². The van der Waals surface area contributed by atoms with Crippen molar-refractivity contribution in [2.24, 2.45) is 0 Å². The van der Waals surface area contributed by atoms with E-state index < -0.39 is 0 Å². The molecule has 0 amide bonds. The minimum absolute atomic E-state index is 0.0719. The van der Waals surface area contributed by atoms with Crippen LogP contribution in [0.5, 0.6) is 0 Å². The Morgan fingerprint density at radius 1 is 0.917 bits per heavy atom. The highest BCUT2D eigenvalue weighted by molar-refractivity contribution is 8.22. The van der Waals surface area contributed by atoms with Crippen LogP contribution in [0.4, 0.5) is 0 Å². The van der Waals surface area contributed by atoms with Crippen molar-refractivity contribution in [3.63, 3.8) is 0 Å². The van der Waals surface area contributed by atoms with Crippen LogP contribution in [-0.2, 0) is 22.7 Å². The van der Waals surface area contributed by atoms with E-state index in [0.29, 0.717) is 19.8 Å². The summed E-state index contributed by atoms with van der Waals surface area (Å²) in [5.74, 6) is 0. The smallest absolute Gasteiger partial charge is 0.0826 e. The fraction of sp³-hybridized carbons (Fsp3) is 0.400. The second-order valence-corrected chi connectivity index (χ2v) is 7.87. The summed E-state index contributed by atoms with van der Waals surface area (Å²) in [6, 6.07) is 20.5. The SMILES string of the molecule is ClSC1(CC(COCc2ccccc2)OCc2ccccc2)CC1. The van der Waals surface area contributed by atoms with Crippen molar-refractivity contribution in [2.45, 2.75) is 43.3 Å². The Morgan fingerprint density at radius 2 is 1.50 bits per heavy atom. The lowest BCUT2D eigenvalue weighted by molar-refractivity contribution is -0.0341. The largest absolute Gasteiger partial charge is 0.374 e. The number of hydrogen-bond donors (Lipinski definition) is 0. The van der Waals surface area contributed by atoms with E-state index in [1.54, 1.807) is 0 Å². The number of ether oxygens (including phenoxy) is 2. The van der Waals surface area contributed by atoms with Gasteiger partial charge in [0.05, 0.1) is 25.9 Å². The molecule has 3 rings (SSSR count). The first-order valence-corrected chi connectivity index (χ1v) is 10.0. The van der Waals surface area contributed by atoms with Crippen LogP contribution in [0.1, 0.15) is 30.4 Å². The molecule has 0 bridgehead atoms. The monoisotopic (exact) mass is 362 g/mol. The molecule has 4 heteroatoms. The van der Waals surface area contributed by atoms with Gasteiger partial charge in [-0.25, -0.2) is 0 Å². The van der Waals surface area contributed by atoms with E-state index >= 15 is 0 Å². The van der Waals surface area contributed by atoms with Crippen LogP contribution < -0.4 is 0 Å². The van der Waals surface area contributed by atoms with Gasteiger partial charge < -0.3 is 9.47 Å². The summed E-state index contributed by atoms with van der Waals surface area (Å²) < 4.78 is 12.3. The fourth-order valence-corrected chi connectivity index (χ4v) is 3.86. The summed E-state index contributed by atoms with van der Waals surface area (Å²) in [5, 5.41) is 0. The Balaban J connectivity index is 1.51. The molecule has 2 nitrogen and oxygen atoms in total. The summed E-state index contributed by atoms with van der Waals surface area (Å²) in [6.45, 7) is 1.83. The fourth-order valence-electron chi connectivity index (χ4n) is 2.70. The molecule has 0 saturated heterocycles. The van der Waals surface area contributed by atoms with Gasteiger partial charge in [0.2, 0.25) is 0 Å². The zero-order chi connectivity index (χ0) is 16.7. The molecule has 2 aromatic carbocycles. The summed E-state index contributed by atoms with van der Waals surface area (Å²) in [5.41, 5.74) is 2.38. The van der Waals surface area contributed by atoms with Crippen LogP contribution in [0, 0.1) is 0 Å². The average Bonchev–Trinajstić information content (AvgIpc) is 3.41. The molecule has 24 heavy (non-hydrogen) atoms. The van der Waals surface area contributed by atoms with Crippen molar-refractivity contribution >= 4 is 21.7 Å². The highest BCUT2D eigenvalue weighted by Crippen LogP contribution is 2.53. The Morgan fingerprint density at radius 3 is 2.04 bits per heavy atom. The van der Waals surface area contributed by atoms with Gasteiger partial charge in [0.15, 0.2) is 0 Å². The van der Waals surface area contributed by atoms with Crippen molar-refractivity contribution in [2.75, 3.05) is 6.61 Å². The zero-order valence-electron chi connectivity index (χ0n) is 13.7. The highest BCUT2D eigenvalue weighted by atomic mass is 35.7. The van der Waals surface area contributed by atoms with Crippen molar-refractivity contribution in [3.05, 3.63) is 71.8 Å². The third-order valence-corrected chi connectivity index (χ3v) is 6.20. The summed E-state index contributed by atoms with van der Waals surface area (Å²) >= 11 is 0. The van der Waals surface area contributed by atoms with Gasteiger partial charge in [0.25, 0.3) is 0 Å². The maximum absolute atomic E-state index is 6.15. The minimum atomic E-state index is 0.0719. The molecule has 0 N–H and O–H groups in total. The first-order chi connectivity index (χ1) is 11.8. The van der Waals surface area contributed by atoms with Crippen LogP contribution in [0.2, 0.25) is 0 Å². The summed E-state index contributed by atoms with van der Waals surface area (Å²) in [4.78, 5) is 0. The quantitative estimate of drug-likeness (QED) is 0.548. The number of halogens is 1. The molecule has 2 aromatic rings. The van der Waals surface area contributed by atoms with Gasteiger partial charge in [-0.3, -0.25) is 0 Å². The van der Waals surface area contributed by atoms with Gasteiger partial charge in [0.1, 0.15) is 0 Å². The molecule has 0 spiro atoms. The summed E-state index contributed by atoms with van der Waals surface area (Å²) in [7, 11) is 7.52. The van der Waals surface area contributed by atoms with Crippen LogP contribution >= 0.6 is 21.7 Å². The normalized spacial score (nSPS) is 16.7. The molecule has 0 aliphatic heterocycles. The van der Waals surface area contributed by atoms with Gasteiger partial charge in [-0.05, 0) is 52.0 Å². The molecule has 1 aliphatic rings. The zero-order valence-corrected chi connectivity index (χ0v) is 15.3. The Hall–Kier alpha value is -1.00. The lowest BCUT2D eigenvalue weighted by Crippen LogP contribution is -2.25. The van der Waals surface area contributed by atoms with Crippen LogP contribution in [0.15, 0.2) is 60.7 Å². The molecular formula is C20H23ClO2S. The topological polar surface area (TPSA) is 18.5 Å². The van der Waals surface area contributed by atoms with E-state index in [0.717, 1.165) is 6.42 Å². The van der Waals surface area contributed by atoms with Crippen LogP contribution in [0.25, 0.3) is 0 Å². The van der Waals surface area contributed by atoms with Gasteiger partial charge in [-0.15, -0.1) is 0 Å². The molecule has 1 atom stereocenters. The lowest BCUT2D eigenvalue weighted by atomic mass is 10.1. The highest BCUT2D eigenvalue weighted by Gasteiger charge is 2.45. The standard InChI is InChI=1S/C20H23ClO2S/c21-24-20(11-12-20)13-19(23-15-18-9-5-2-6-10-18)16-22-14-17-7-3-1-4-8-17/h1-10,19H,11-16H2. The van der Waals surface area contributed by atoms with Crippen molar-refractivity contribution in [3.8, 4) is 0 Å². The van der Waals surface area contributed by atoms with E-state index in [2.05, 4.69) is 24.3 Å². The number of hydrogen-bond acceptors (Lipinski definition) is 3. The average molecular weight is 363 g/mol. The van der Waals surface area contributed by atoms with Gasteiger partial charge in [-0.2, -0.15) is 0 Å². The third-order valence-electron chi connectivity index (χ3n) is 4.31. The predicted octanol–water partition coefficient (Wildman–Crippen LogP) is 5.60. The molecule has 0 radical (unpaired) electrons. The van der Waals surface area contributed by atoms with Crippen LogP contribution in [0.3, 0.4) is 0 Å². The summed E-state index contributed by atoms with van der Waals surface area (Å²) in [6.07, 6.45) is 3.36. The Kier molecular flexibility index (Phi) is 6.61. The molecule has 128 valence electrons.